The van der Waals surface area contributed by atoms with Crippen LogP contribution in [0.1, 0.15) is 17.4 Å². The molecular weight excluding hydrogens is 299 g/mol. The van der Waals surface area contributed by atoms with Gasteiger partial charge in [-0.3, -0.25) is 4.79 Å². The van der Waals surface area contributed by atoms with E-state index in [0.717, 1.165) is 0 Å². The van der Waals surface area contributed by atoms with Gasteiger partial charge in [0, 0.05) is 30.9 Å². The molecule has 118 valence electrons. The van der Waals surface area contributed by atoms with Crippen LogP contribution in [0.25, 0.3) is 5.65 Å². The van der Waals surface area contributed by atoms with E-state index in [-0.39, 0.29) is 30.1 Å². The molecule has 0 spiro atoms. The number of nitrogens with one attached hydrogen (secondary N) is 1. The van der Waals surface area contributed by atoms with Crippen LogP contribution >= 0.6 is 0 Å². The van der Waals surface area contributed by atoms with Crippen molar-refractivity contribution < 1.29 is 13.9 Å². The number of fused-ring (bicyclic) bond motifs is 1. The fraction of sp³-hybridized carbons (Fsp3) is 0.188. The lowest BCUT2D eigenvalue weighted by atomic mass is 10.3. The third-order valence-electron chi connectivity index (χ3n) is 3.20. The highest BCUT2D eigenvalue weighted by molar-refractivity contribution is 5.97. The Morgan fingerprint density at radius 3 is 2.91 bits per heavy atom. The van der Waals surface area contributed by atoms with Crippen molar-refractivity contribution in [1.29, 1.82) is 0 Å². The SMILES string of the molecule is C[C@H](COc1cccc(F)c1)NC(=O)c1nccn2ccnc12. The zero-order valence-electron chi connectivity index (χ0n) is 12.4. The molecule has 7 heteroatoms. The molecule has 0 radical (unpaired) electrons. The molecule has 1 aromatic carbocycles. The van der Waals surface area contributed by atoms with Crippen molar-refractivity contribution in [2.75, 3.05) is 6.61 Å². The van der Waals surface area contributed by atoms with Crippen molar-refractivity contribution >= 4 is 11.6 Å². The number of amides is 1. The van der Waals surface area contributed by atoms with Crippen LogP contribution < -0.4 is 10.1 Å². The van der Waals surface area contributed by atoms with Crippen LogP contribution in [0, 0.1) is 5.82 Å². The van der Waals surface area contributed by atoms with Crippen LogP contribution in [0.15, 0.2) is 49.1 Å². The zero-order chi connectivity index (χ0) is 16.2. The van der Waals surface area contributed by atoms with Gasteiger partial charge in [0.1, 0.15) is 18.2 Å². The van der Waals surface area contributed by atoms with Gasteiger partial charge in [0.05, 0.1) is 6.04 Å². The number of carbonyl (C=O) groups is 1. The number of ether oxygens (including phenoxy) is 1. The number of rotatable bonds is 5. The van der Waals surface area contributed by atoms with E-state index in [1.165, 1.54) is 18.3 Å². The smallest absolute Gasteiger partial charge is 0.274 e. The first-order valence-corrected chi connectivity index (χ1v) is 7.10. The van der Waals surface area contributed by atoms with Gasteiger partial charge in [-0.25, -0.2) is 14.4 Å². The van der Waals surface area contributed by atoms with Crippen molar-refractivity contribution in [1.82, 2.24) is 19.7 Å². The molecule has 3 rings (SSSR count). The van der Waals surface area contributed by atoms with Crippen molar-refractivity contribution in [2.24, 2.45) is 0 Å². The predicted octanol–water partition coefficient (Wildman–Crippen LogP) is 2.07. The van der Waals surface area contributed by atoms with Crippen LogP contribution in [0.2, 0.25) is 0 Å². The van der Waals surface area contributed by atoms with Crippen LogP contribution in [0.3, 0.4) is 0 Å². The molecule has 3 aromatic rings. The average Bonchev–Trinajstić information content (AvgIpc) is 3.01. The second-order valence-electron chi connectivity index (χ2n) is 5.08. The summed E-state index contributed by atoms with van der Waals surface area (Å²) in [5, 5.41) is 2.79. The Balaban J connectivity index is 1.62. The Morgan fingerprint density at radius 1 is 1.35 bits per heavy atom. The molecule has 0 fully saturated rings. The molecule has 2 heterocycles. The van der Waals surface area contributed by atoms with Crippen molar-refractivity contribution in [3.05, 3.63) is 60.6 Å². The summed E-state index contributed by atoms with van der Waals surface area (Å²) < 4.78 is 20.3. The monoisotopic (exact) mass is 314 g/mol. The molecule has 0 aliphatic carbocycles. The lowest BCUT2D eigenvalue weighted by molar-refractivity contribution is 0.0922. The van der Waals surface area contributed by atoms with Gasteiger partial charge in [-0.1, -0.05) is 6.07 Å². The van der Waals surface area contributed by atoms with Crippen LogP contribution in [0.5, 0.6) is 5.75 Å². The molecule has 6 nitrogen and oxygen atoms in total. The second-order valence-corrected chi connectivity index (χ2v) is 5.08. The van der Waals surface area contributed by atoms with Crippen LogP contribution in [0.4, 0.5) is 4.39 Å². The number of hydrogen-bond donors (Lipinski definition) is 1. The summed E-state index contributed by atoms with van der Waals surface area (Å²) in [6.45, 7) is 2.01. The minimum absolute atomic E-state index is 0.215. The number of nitrogens with zero attached hydrogens (tertiary/aromatic N) is 3. The van der Waals surface area contributed by atoms with E-state index in [1.54, 1.807) is 42.0 Å². The maximum atomic E-state index is 13.1. The van der Waals surface area contributed by atoms with E-state index >= 15 is 0 Å². The van der Waals surface area contributed by atoms with Crippen molar-refractivity contribution in [2.45, 2.75) is 13.0 Å². The minimum atomic E-state index is -0.366. The number of benzene rings is 1. The summed E-state index contributed by atoms with van der Waals surface area (Å²) >= 11 is 0. The third-order valence-corrected chi connectivity index (χ3v) is 3.20. The quantitative estimate of drug-likeness (QED) is 0.783. The molecule has 0 aliphatic rings. The molecule has 1 amide bonds. The molecule has 1 atom stereocenters. The normalized spacial score (nSPS) is 12.1. The molecule has 0 saturated heterocycles. The molecule has 23 heavy (non-hydrogen) atoms. The summed E-state index contributed by atoms with van der Waals surface area (Å²) in [5.41, 5.74) is 0.735. The van der Waals surface area contributed by atoms with E-state index in [2.05, 4.69) is 15.3 Å². The van der Waals surface area contributed by atoms with E-state index in [9.17, 15) is 9.18 Å². The van der Waals surface area contributed by atoms with E-state index in [4.69, 9.17) is 4.74 Å². The maximum Gasteiger partial charge on any atom is 0.274 e. The number of carbonyl (C=O) groups excluding carboxylic acids is 1. The summed E-state index contributed by atoms with van der Waals surface area (Å²) in [6, 6.07) is 5.58. The fourth-order valence-corrected chi connectivity index (χ4v) is 2.13. The fourth-order valence-electron chi connectivity index (χ4n) is 2.13. The molecule has 0 unspecified atom stereocenters. The highest BCUT2D eigenvalue weighted by Crippen LogP contribution is 2.12. The van der Waals surface area contributed by atoms with Gasteiger partial charge in [-0.2, -0.15) is 0 Å². The molecule has 0 saturated carbocycles. The van der Waals surface area contributed by atoms with Crippen molar-refractivity contribution in [3.63, 3.8) is 0 Å². The largest absolute Gasteiger partial charge is 0.491 e. The highest BCUT2D eigenvalue weighted by Gasteiger charge is 2.16. The number of halogens is 1. The number of aromatic nitrogens is 3. The minimum Gasteiger partial charge on any atom is -0.491 e. The molecule has 0 aliphatic heterocycles. The molecule has 2 aromatic heterocycles. The van der Waals surface area contributed by atoms with Gasteiger partial charge < -0.3 is 14.5 Å². The lowest BCUT2D eigenvalue weighted by Gasteiger charge is -2.15. The predicted molar refractivity (Wildman–Crippen MR) is 81.8 cm³/mol. The second kappa shape index (κ2) is 6.43. The van der Waals surface area contributed by atoms with E-state index < -0.39 is 0 Å². The van der Waals surface area contributed by atoms with Gasteiger partial charge >= 0.3 is 0 Å². The van der Waals surface area contributed by atoms with Gasteiger partial charge in [-0.15, -0.1) is 0 Å². The van der Waals surface area contributed by atoms with E-state index in [0.29, 0.717) is 11.4 Å². The summed E-state index contributed by atoms with van der Waals surface area (Å²) in [7, 11) is 0. The van der Waals surface area contributed by atoms with Gasteiger partial charge in [0.15, 0.2) is 11.3 Å². The maximum absolute atomic E-state index is 13.1. The standard InChI is InChI=1S/C16H15FN4O2/c1-11(10-23-13-4-2-3-12(17)9-13)20-16(22)14-15-19-6-8-21(15)7-5-18-14/h2-9,11H,10H2,1H3,(H,20,22)/t11-/m1/s1. The average molecular weight is 314 g/mol. The first-order valence-electron chi connectivity index (χ1n) is 7.10. The van der Waals surface area contributed by atoms with E-state index in [1.807, 2.05) is 0 Å². The number of imidazole rings is 1. The van der Waals surface area contributed by atoms with Gasteiger partial charge in [0.25, 0.3) is 5.91 Å². The van der Waals surface area contributed by atoms with Gasteiger partial charge in [-0.05, 0) is 19.1 Å². The van der Waals surface area contributed by atoms with Crippen LogP contribution in [-0.4, -0.2) is 32.9 Å². The summed E-state index contributed by atoms with van der Waals surface area (Å²) in [4.78, 5) is 20.5. The van der Waals surface area contributed by atoms with Crippen LogP contribution in [-0.2, 0) is 0 Å². The lowest BCUT2D eigenvalue weighted by Crippen LogP contribution is -2.37. The Morgan fingerprint density at radius 2 is 2.13 bits per heavy atom. The zero-order valence-corrected chi connectivity index (χ0v) is 12.4. The third kappa shape index (κ3) is 3.45. The topological polar surface area (TPSA) is 68.5 Å². The molecule has 1 N–H and O–H groups in total. The Bertz CT molecular complexity index is 834. The Hall–Kier alpha value is -2.96. The van der Waals surface area contributed by atoms with Gasteiger partial charge in [0.2, 0.25) is 0 Å². The first kappa shape index (κ1) is 15.0. The van der Waals surface area contributed by atoms with Crippen molar-refractivity contribution in [3.8, 4) is 5.75 Å². The summed E-state index contributed by atoms with van der Waals surface area (Å²) in [6.07, 6.45) is 6.60. The highest BCUT2D eigenvalue weighted by atomic mass is 19.1. The summed E-state index contributed by atoms with van der Waals surface area (Å²) in [5.74, 6) is -0.286. The Labute approximate surface area is 131 Å². The molecule has 0 bridgehead atoms. The Kier molecular flexibility index (Phi) is 4.18. The number of hydrogen-bond acceptors (Lipinski definition) is 4. The first-order chi connectivity index (χ1) is 11.1. The molecular formula is C16H15FN4O2.